The summed E-state index contributed by atoms with van der Waals surface area (Å²) in [4.78, 5) is 21.3. The molecule has 9 rings (SSSR count). The molecule has 0 unspecified atom stereocenters. The largest absolute Gasteiger partial charge is 0.354 e. The second kappa shape index (κ2) is 13.3. The molecular weight excluding hydrogens is 669 g/mol. The zero-order chi connectivity index (χ0) is 36.8. The van der Waals surface area contributed by atoms with Crippen LogP contribution in [0.1, 0.15) is 22.8 Å². The molecule has 8 bridgehead atoms. The Labute approximate surface area is 311 Å². The summed E-state index contributed by atoms with van der Waals surface area (Å²) >= 11 is 0. The maximum atomic E-state index is 9.06. The van der Waals surface area contributed by atoms with Gasteiger partial charge in [-0.05, 0) is 76.4 Å². The fourth-order valence-corrected chi connectivity index (χ4v) is 7.17. The number of fused-ring (bicyclic) bond motifs is 8. The minimum atomic E-state index is 0.542. The molecule has 8 heterocycles. The van der Waals surface area contributed by atoms with Gasteiger partial charge < -0.3 is 9.97 Å². The van der Waals surface area contributed by atoms with Gasteiger partial charge in [0.25, 0.3) is 0 Å². The predicted molar refractivity (Wildman–Crippen MR) is 213 cm³/mol. The second-order valence-corrected chi connectivity index (χ2v) is 13.5. The van der Waals surface area contributed by atoms with Gasteiger partial charge >= 0.3 is 0 Å². The van der Waals surface area contributed by atoms with Crippen molar-refractivity contribution < 1.29 is 13.7 Å². The average Bonchev–Trinajstić information content (AvgIpc) is 4.02. The highest BCUT2D eigenvalue weighted by Gasteiger charge is 2.20. The first kappa shape index (κ1) is 32.5. The van der Waals surface area contributed by atoms with E-state index in [1.165, 1.54) is 0 Å². The number of aryl methyl sites for hydroxylation is 3. The summed E-state index contributed by atoms with van der Waals surface area (Å²) in [6.45, 7) is 0. The Morgan fingerprint density at radius 3 is 1.19 bits per heavy atom. The summed E-state index contributed by atoms with van der Waals surface area (Å²) in [5, 5.41) is 3.81. The molecule has 0 aliphatic carbocycles. The van der Waals surface area contributed by atoms with Crippen LogP contribution in [-0.4, -0.2) is 19.9 Å². The third kappa shape index (κ3) is 5.92. The number of pyridine rings is 3. The van der Waals surface area contributed by atoms with E-state index in [1.54, 1.807) is 0 Å². The molecular formula is C44H35N10+3. The molecule has 10 nitrogen and oxygen atoms in total. The highest BCUT2D eigenvalue weighted by Crippen LogP contribution is 2.38. The van der Waals surface area contributed by atoms with Gasteiger partial charge in [0.1, 0.15) is 21.1 Å². The molecule has 0 radical (unpaired) electrons. The molecule has 0 fully saturated rings. The van der Waals surface area contributed by atoms with E-state index in [4.69, 9.17) is 15.5 Å². The maximum Gasteiger partial charge on any atom is 0.169 e. The maximum absolute atomic E-state index is 9.06. The fraction of sp³-hybridized carbons (Fsp3) is 0.0682. The SMILES string of the molecule is C[n+]1ccc(-c2c3nc(c(-c4ccc(N=[N+]=[N-])cc4)c4ccc([nH]4)c(-c4cc[n+](C)cc4)c4ccc([nH]4)c(-c4cc[n+](C)cc4)c4nc2C=C4)C=C3)cc1. The van der Waals surface area contributed by atoms with Crippen LogP contribution in [0, 0.1) is 0 Å². The number of H-pyrrole nitrogens is 2. The summed E-state index contributed by atoms with van der Waals surface area (Å²) in [5.41, 5.74) is 24.6. The van der Waals surface area contributed by atoms with E-state index in [9.17, 15) is 0 Å². The van der Waals surface area contributed by atoms with E-state index in [0.717, 1.165) is 89.4 Å². The van der Waals surface area contributed by atoms with Crippen molar-refractivity contribution in [3.63, 3.8) is 0 Å². The molecule has 0 amide bonds. The zero-order valence-electron chi connectivity index (χ0n) is 29.9. The lowest BCUT2D eigenvalue weighted by Gasteiger charge is -2.06. The van der Waals surface area contributed by atoms with Crippen LogP contribution in [0.15, 0.2) is 127 Å². The zero-order valence-corrected chi connectivity index (χ0v) is 29.9. The van der Waals surface area contributed by atoms with E-state index in [2.05, 4.69) is 130 Å². The number of aromatic amines is 2. The van der Waals surface area contributed by atoms with Gasteiger partial charge in [0, 0.05) is 91.3 Å². The number of benzene rings is 1. The van der Waals surface area contributed by atoms with Gasteiger partial charge in [-0.1, -0.05) is 29.4 Å². The molecule has 2 aliphatic heterocycles. The number of hydrogen-bond donors (Lipinski definition) is 2. The molecule has 6 aromatic heterocycles. The van der Waals surface area contributed by atoms with E-state index in [-0.39, 0.29) is 0 Å². The van der Waals surface area contributed by atoms with Crippen LogP contribution in [0.5, 0.6) is 0 Å². The minimum absolute atomic E-state index is 0.542. The Morgan fingerprint density at radius 2 is 0.778 bits per heavy atom. The Bertz CT molecular complexity index is 2870. The van der Waals surface area contributed by atoms with E-state index >= 15 is 0 Å². The van der Waals surface area contributed by atoms with E-state index < -0.39 is 0 Å². The first-order valence-electron chi connectivity index (χ1n) is 17.6. The molecule has 0 saturated carbocycles. The molecule has 1 aromatic carbocycles. The van der Waals surface area contributed by atoms with Gasteiger partial charge in [0.15, 0.2) is 37.2 Å². The summed E-state index contributed by atoms with van der Waals surface area (Å²) in [5.74, 6) is 0. The first-order valence-corrected chi connectivity index (χ1v) is 17.6. The van der Waals surface area contributed by atoms with Gasteiger partial charge in [0.05, 0.1) is 22.8 Å². The van der Waals surface area contributed by atoms with Crippen molar-refractivity contribution in [2.45, 2.75) is 0 Å². The number of hydrogen-bond acceptors (Lipinski definition) is 3. The number of azide groups is 1. The molecule has 2 aliphatic rings. The normalized spacial score (nSPS) is 11.8. The molecule has 2 N–H and O–H groups in total. The van der Waals surface area contributed by atoms with Crippen LogP contribution in [0.2, 0.25) is 0 Å². The molecule has 0 saturated heterocycles. The van der Waals surface area contributed by atoms with Crippen molar-refractivity contribution in [3.05, 3.63) is 155 Å². The predicted octanol–water partition coefficient (Wildman–Crippen LogP) is 8.74. The third-order valence-electron chi connectivity index (χ3n) is 9.87. The standard InChI is InChI=1S/C44H34N10/c1-52-22-16-29(17-23-52)42-35-10-8-33(46-35)41(28-4-6-32(7-5-28)50-51-45)34-9-11-36(47-34)43(30-18-24-53(2)25-19-30)38-13-15-40(49-38)44(39-14-12-37(42)48-39)31-20-26-54(3)27-21-31/h4-27H,1-3H3,(H,46,47,48,49)/q+2/p+1. The Morgan fingerprint density at radius 1 is 0.444 bits per heavy atom. The van der Waals surface area contributed by atoms with Crippen molar-refractivity contribution in [3.8, 4) is 44.5 Å². The van der Waals surface area contributed by atoms with Crippen molar-refractivity contribution in [1.29, 1.82) is 0 Å². The van der Waals surface area contributed by atoms with Gasteiger partial charge in [-0.3, -0.25) is 0 Å². The topological polar surface area (TPSA) is 118 Å². The van der Waals surface area contributed by atoms with Crippen molar-refractivity contribution in [1.82, 2.24) is 19.9 Å². The third-order valence-corrected chi connectivity index (χ3v) is 9.87. The van der Waals surface area contributed by atoms with Gasteiger partial charge in [-0.15, -0.1) is 0 Å². The molecule has 54 heavy (non-hydrogen) atoms. The van der Waals surface area contributed by atoms with Crippen LogP contribution >= 0.6 is 0 Å². The first-order chi connectivity index (χ1) is 26.4. The summed E-state index contributed by atoms with van der Waals surface area (Å²) in [6.07, 6.45) is 20.7. The highest BCUT2D eigenvalue weighted by molar-refractivity contribution is 6.00. The summed E-state index contributed by atoms with van der Waals surface area (Å²) in [6, 6.07) is 28.9. The second-order valence-electron chi connectivity index (χ2n) is 13.5. The van der Waals surface area contributed by atoms with Crippen LogP contribution < -0.4 is 13.7 Å². The monoisotopic (exact) mass is 703 g/mol. The Hall–Kier alpha value is -7.42. The summed E-state index contributed by atoms with van der Waals surface area (Å²) < 4.78 is 6.09. The Kier molecular flexibility index (Phi) is 7.99. The number of nitrogens with one attached hydrogen (secondary N) is 2. The average molecular weight is 704 g/mol. The quantitative estimate of drug-likeness (QED) is 0.0807. The lowest BCUT2D eigenvalue weighted by Crippen LogP contribution is -2.25. The van der Waals surface area contributed by atoms with Crippen LogP contribution in [0.25, 0.3) is 101 Å². The van der Waals surface area contributed by atoms with Crippen molar-refractivity contribution in [2.24, 2.45) is 26.3 Å². The van der Waals surface area contributed by atoms with Gasteiger partial charge in [-0.2, -0.15) is 0 Å². The summed E-state index contributed by atoms with van der Waals surface area (Å²) in [7, 11) is 6.05. The van der Waals surface area contributed by atoms with E-state index in [0.29, 0.717) is 5.69 Å². The Balaban J connectivity index is 1.45. The molecule has 0 atom stereocenters. The number of aromatic nitrogens is 7. The van der Waals surface area contributed by atoms with Gasteiger partial charge in [-0.25, -0.2) is 23.7 Å². The van der Waals surface area contributed by atoms with E-state index in [1.807, 2.05) is 71.5 Å². The van der Waals surface area contributed by atoms with Crippen molar-refractivity contribution >= 4 is 52.1 Å². The molecule has 7 aromatic rings. The molecule has 10 heteroatoms. The molecule has 258 valence electrons. The lowest BCUT2D eigenvalue weighted by molar-refractivity contribution is -0.671. The van der Waals surface area contributed by atoms with Crippen molar-refractivity contribution in [2.75, 3.05) is 0 Å². The lowest BCUT2D eigenvalue weighted by atomic mass is 10.0. The number of rotatable bonds is 5. The smallest absolute Gasteiger partial charge is 0.169 e. The minimum Gasteiger partial charge on any atom is -0.354 e. The highest BCUT2D eigenvalue weighted by atomic mass is 15.1. The molecule has 0 spiro atoms. The van der Waals surface area contributed by atoms with Gasteiger partial charge in [0.2, 0.25) is 0 Å². The number of nitrogens with zero attached hydrogens (tertiary/aromatic N) is 8. The van der Waals surface area contributed by atoms with Crippen LogP contribution in [-0.2, 0) is 21.1 Å². The fourth-order valence-electron chi connectivity index (χ4n) is 7.17. The van der Waals surface area contributed by atoms with Crippen LogP contribution in [0.3, 0.4) is 0 Å². The van der Waals surface area contributed by atoms with Crippen LogP contribution in [0.4, 0.5) is 5.69 Å².